The van der Waals surface area contributed by atoms with Gasteiger partial charge in [0.15, 0.2) is 0 Å². The number of benzene rings is 13. The van der Waals surface area contributed by atoms with E-state index in [0.717, 1.165) is 0 Å². The van der Waals surface area contributed by atoms with Crippen molar-refractivity contribution in [1.29, 1.82) is 0 Å². The molecule has 0 atom stereocenters. The molecule has 0 amide bonds. The van der Waals surface area contributed by atoms with Crippen molar-refractivity contribution in [2.24, 2.45) is 0 Å². The van der Waals surface area contributed by atoms with Gasteiger partial charge in [-0.25, -0.2) is 0 Å². The number of hydrogen-bond donors (Lipinski definition) is 0. The Hall–Kier alpha value is -10.1. The summed E-state index contributed by atoms with van der Waals surface area (Å²) in [5, 5.41) is 15.6. The summed E-state index contributed by atoms with van der Waals surface area (Å²) in [6, 6.07) is 100. The number of aromatic nitrogens is 2. The fraction of sp³-hybridized carbons (Fsp3) is 0. The van der Waals surface area contributed by atoms with Crippen LogP contribution in [0.4, 0.5) is 0 Å². The molecule has 378 valence electrons. The lowest BCUT2D eigenvalue weighted by Gasteiger charge is -2.13. The molecule has 0 fully saturated rings. The highest BCUT2D eigenvalue weighted by Crippen LogP contribution is 2.53. The molecule has 0 saturated carbocycles. The molecule has 19 rings (SSSR count). The second-order valence-corrected chi connectivity index (χ2v) is 24.4. The van der Waals surface area contributed by atoms with Gasteiger partial charge in [0.1, 0.15) is 0 Å². The number of rotatable bonds is 6. The molecule has 6 heterocycles. The summed E-state index contributed by atoms with van der Waals surface area (Å²) in [4.78, 5) is 0. The quantitative estimate of drug-likeness (QED) is 0.157. The summed E-state index contributed by atoms with van der Waals surface area (Å²) >= 11 is 3.80. The summed E-state index contributed by atoms with van der Waals surface area (Å²) in [7, 11) is 0. The molecule has 0 N–H and O–H groups in total. The highest BCUT2D eigenvalue weighted by Gasteiger charge is 2.28. The van der Waals surface area contributed by atoms with Crippen LogP contribution in [0.3, 0.4) is 0 Å². The molecule has 0 saturated heterocycles. The van der Waals surface area contributed by atoms with Crippen LogP contribution >= 0.6 is 22.7 Å². The maximum atomic E-state index is 2.64. The monoisotopic (exact) mass is 1070 g/mol. The van der Waals surface area contributed by atoms with Gasteiger partial charge in [-0.1, -0.05) is 182 Å². The Kier molecular flexibility index (Phi) is 9.12. The number of fused-ring (bicyclic) bond motifs is 20. The molecule has 82 heavy (non-hydrogen) atoms. The third kappa shape index (κ3) is 6.17. The summed E-state index contributed by atoms with van der Waals surface area (Å²) in [5.41, 5.74) is 21.9. The highest BCUT2D eigenvalue weighted by molar-refractivity contribution is 7.26. The van der Waals surface area contributed by atoms with Gasteiger partial charge in [0.2, 0.25) is 0 Å². The van der Waals surface area contributed by atoms with Crippen LogP contribution in [0.2, 0.25) is 0 Å². The van der Waals surface area contributed by atoms with Crippen molar-refractivity contribution >= 4 is 139 Å². The van der Waals surface area contributed by atoms with E-state index >= 15 is 0 Å². The number of thiophene rings is 2. The fourth-order valence-corrected chi connectivity index (χ4v) is 16.7. The van der Waals surface area contributed by atoms with Gasteiger partial charge in [0, 0.05) is 83.4 Å². The lowest BCUT2D eigenvalue weighted by molar-refractivity contribution is 1.36. The molecule has 0 unspecified atom stereocenters. The van der Waals surface area contributed by atoms with Crippen LogP contribution in [0.15, 0.2) is 267 Å². The zero-order valence-corrected chi connectivity index (χ0v) is 45.7. The molecule has 4 heteroatoms. The van der Waals surface area contributed by atoms with Crippen molar-refractivity contribution in [2.45, 2.75) is 0 Å². The minimum absolute atomic E-state index is 1.20. The Bertz CT molecular complexity index is 5370. The molecular formula is C78H44N2S2. The van der Waals surface area contributed by atoms with Crippen molar-refractivity contribution in [3.05, 3.63) is 267 Å². The van der Waals surface area contributed by atoms with E-state index in [1.807, 2.05) is 22.7 Å². The van der Waals surface area contributed by atoms with Gasteiger partial charge < -0.3 is 8.80 Å². The second-order valence-electron chi connectivity index (χ2n) is 22.3. The van der Waals surface area contributed by atoms with Gasteiger partial charge in [0.25, 0.3) is 0 Å². The Morgan fingerprint density at radius 2 is 0.537 bits per heavy atom. The molecule has 6 aromatic heterocycles. The van der Waals surface area contributed by atoms with Gasteiger partial charge in [-0.3, -0.25) is 0 Å². The SMILES string of the molecule is c1ccc(-c2cc(-c3ccccc3)cc(-c3ccc4c5c6c(ccc5n5c7cc8c9c(-c%10cc(-c%11ccccc%11)cc(-c%11ccccc%11)c%10)ccc%10c%11c%12c(ccc%11n(c8cc7c3c45)c%109)sc3ccccc3%12)sc3ccccc36)c2)cc1. The van der Waals surface area contributed by atoms with Crippen molar-refractivity contribution in [3.8, 4) is 66.8 Å². The first kappa shape index (κ1) is 44.7. The standard InChI is InChI=1S/C78H44N2S2/c1-5-17-45(18-6-1)49-37-50(46-19-7-2-8-20-46)40-53(39-49)55-29-31-59-73-63(33-35-69-75(73)57-25-13-15-27-67(57)81-69)79-65-44-62-66(43-61(65)71(55)77(59)79)80-64-34-36-70-76(58-26-14-16-28-68(58)82-70)74(64)60-32-30-56(72(62)78(60)80)54-41-51(47-21-9-3-10-22-47)38-52(42-54)48-23-11-4-12-24-48/h1-44H. The van der Waals surface area contributed by atoms with E-state index in [0.29, 0.717) is 0 Å². The molecule has 0 radical (unpaired) electrons. The van der Waals surface area contributed by atoms with Crippen LogP contribution < -0.4 is 0 Å². The van der Waals surface area contributed by atoms with E-state index in [1.54, 1.807) is 0 Å². The molecule has 13 aromatic carbocycles. The first-order valence-electron chi connectivity index (χ1n) is 28.2. The van der Waals surface area contributed by atoms with Crippen LogP contribution in [0, 0.1) is 0 Å². The first-order valence-corrected chi connectivity index (χ1v) is 29.9. The van der Waals surface area contributed by atoms with Crippen molar-refractivity contribution in [3.63, 3.8) is 0 Å². The first-order chi connectivity index (χ1) is 40.7. The predicted molar refractivity (Wildman–Crippen MR) is 354 cm³/mol. The van der Waals surface area contributed by atoms with E-state index in [-0.39, 0.29) is 0 Å². The minimum atomic E-state index is 1.20. The molecule has 0 spiro atoms. The highest BCUT2D eigenvalue weighted by atomic mass is 32.1. The second kappa shape index (κ2) is 16.7. The molecular weight excluding hydrogens is 1030 g/mol. The van der Waals surface area contributed by atoms with Crippen molar-refractivity contribution < 1.29 is 0 Å². The van der Waals surface area contributed by atoms with E-state index in [4.69, 9.17) is 0 Å². The molecule has 0 bridgehead atoms. The number of hydrogen-bond acceptors (Lipinski definition) is 2. The number of nitrogens with zero attached hydrogens (tertiary/aromatic N) is 2. The summed E-state index contributed by atoms with van der Waals surface area (Å²) < 4.78 is 10.6. The average Bonchev–Trinajstić information content (AvgIpc) is 1.84. The van der Waals surface area contributed by atoms with Gasteiger partial charge >= 0.3 is 0 Å². The zero-order valence-electron chi connectivity index (χ0n) is 44.1. The van der Waals surface area contributed by atoms with E-state index in [9.17, 15) is 0 Å². The summed E-state index contributed by atoms with van der Waals surface area (Å²) in [6.07, 6.45) is 0. The van der Waals surface area contributed by atoms with Crippen LogP contribution in [0.25, 0.3) is 183 Å². The Morgan fingerprint density at radius 1 is 0.195 bits per heavy atom. The van der Waals surface area contributed by atoms with Crippen LogP contribution in [-0.4, -0.2) is 8.80 Å². The van der Waals surface area contributed by atoms with Crippen LogP contribution in [0.5, 0.6) is 0 Å². The van der Waals surface area contributed by atoms with E-state index in [1.165, 1.54) is 183 Å². The van der Waals surface area contributed by atoms with E-state index in [2.05, 4.69) is 276 Å². The Balaban J connectivity index is 0.998. The van der Waals surface area contributed by atoms with Gasteiger partial charge in [-0.15, -0.1) is 22.7 Å². The topological polar surface area (TPSA) is 8.82 Å². The predicted octanol–water partition coefficient (Wildman–Crippen LogP) is 22.7. The summed E-state index contributed by atoms with van der Waals surface area (Å²) in [5.74, 6) is 0. The third-order valence-electron chi connectivity index (χ3n) is 17.9. The average molecular weight is 1070 g/mol. The van der Waals surface area contributed by atoms with Gasteiger partial charge in [0.05, 0.1) is 33.1 Å². The van der Waals surface area contributed by atoms with Gasteiger partial charge in [-0.2, -0.15) is 0 Å². The smallest absolute Gasteiger partial charge is 0.0627 e. The lowest BCUT2D eigenvalue weighted by atomic mass is 9.90. The summed E-state index contributed by atoms with van der Waals surface area (Å²) in [6.45, 7) is 0. The lowest BCUT2D eigenvalue weighted by Crippen LogP contribution is -1.87. The molecule has 0 aliphatic rings. The van der Waals surface area contributed by atoms with E-state index < -0.39 is 0 Å². The zero-order chi connectivity index (χ0) is 53.3. The normalized spacial score (nSPS) is 12.4. The Morgan fingerprint density at radius 3 is 0.915 bits per heavy atom. The van der Waals surface area contributed by atoms with Crippen molar-refractivity contribution in [1.82, 2.24) is 8.80 Å². The van der Waals surface area contributed by atoms with Crippen LogP contribution in [0.1, 0.15) is 0 Å². The molecule has 2 nitrogen and oxygen atoms in total. The van der Waals surface area contributed by atoms with Crippen molar-refractivity contribution in [2.75, 3.05) is 0 Å². The van der Waals surface area contributed by atoms with Crippen LogP contribution in [-0.2, 0) is 0 Å². The molecule has 0 aliphatic carbocycles. The largest absolute Gasteiger partial charge is 0.308 e. The Labute approximate surface area is 478 Å². The molecule has 0 aliphatic heterocycles. The van der Waals surface area contributed by atoms with Gasteiger partial charge in [-0.05, 0) is 152 Å². The maximum absolute atomic E-state index is 2.64. The fourth-order valence-electron chi connectivity index (χ4n) is 14.4. The maximum Gasteiger partial charge on any atom is 0.0627 e. The third-order valence-corrected chi connectivity index (χ3v) is 20.2. The molecule has 19 aromatic rings. The minimum Gasteiger partial charge on any atom is -0.308 e.